The van der Waals surface area contributed by atoms with Gasteiger partial charge in [-0.15, -0.1) is 0 Å². The first kappa shape index (κ1) is 13.0. The second-order valence-electron chi connectivity index (χ2n) is 4.99. The summed E-state index contributed by atoms with van der Waals surface area (Å²) in [7, 11) is 1.99. The van der Waals surface area contributed by atoms with Gasteiger partial charge in [0.1, 0.15) is 0 Å². The van der Waals surface area contributed by atoms with Crippen molar-refractivity contribution in [1.82, 2.24) is 0 Å². The summed E-state index contributed by atoms with van der Waals surface area (Å²) >= 11 is 2.25. The van der Waals surface area contributed by atoms with Crippen LogP contribution in [0.3, 0.4) is 0 Å². The van der Waals surface area contributed by atoms with E-state index >= 15 is 0 Å². The maximum absolute atomic E-state index is 10.4. The number of hydrogen-bond acceptors (Lipinski definition) is 3. The molecule has 1 aliphatic rings. The number of nitrogens with two attached hydrogens (primary N) is 1. The summed E-state index contributed by atoms with van der Waals surface area (Å²) in [5, 5.41) is 10.4. The van der Waals surface area contributed by atoms with Crippen molar-refractivity contribution < 1.29 is 5.11 Å². The standard InChI is InChI=1S/C13H19IN2O/c1-16(9-13(17)6-2-3-7-13)12-5-4-10(14)8-11(12)15/h4-5,8,17H,2-3,6-7,9,15H2,1H3. The van der Waals surface area contributed by atoms with Gasteiger partial charge in [0.05, 0.1) is 17.0 Å². The van der Waals surface area contributed by atoms with Gasteiger partial charge >= 0.3 is 0 Å². The summed E-state index contributed by atoms with van der Waals surface area (Å²) in [5.74, 6) is 0. The van der Waals surface area contributed by atoms with Crippen molar-refractivity contribution in [2.24, 2.45) is 0 Å². The largest absolute Gasteiger partial charge is 0.397 e. The molecule has 0 radical (unpaired) electrons. The molecule has 1 aromatic rings. The Kier molecular flexibility index (Phi) is 3.82. The Balaban J connectivity index is 2.11. The molecule has 3 nitrogen and oxygen atoms in total. The number of anilines is 2. The van der Waals surface area contributed by atoms with Crippen molar-refractivity contribution in [2.45, 2.75) is 31.3 Å². The molecule has 0 spiro atoms. The molecule has 0 amide bonds. The lowest BCUT2D eigenvalue weighted by Crippen LogP contribution is -2.39. The molecule has 1 fully saturated rings. The second kappa shape index (κ2) is 5.02. The molecule has 0 heterocycles. The van der Waals surface area contributed by atoms with Gasteiger partial charge in [0.25, 0.3) is 0 Å². The van der Waals surface area contributed by atoms with Crippen LogP contribution in [0.2, 0.25) is 0 Å². The van der Waals surface area contributed by atoms with Gasteiger partial charge in [0.15, 0.2) is 0 Å². The third kappa shape index (κ3) is 3.04. The van der Waals surface area contributed by atoms with Gasteiger partial charge in [-0.2, -0.15) is 0 Å². The zero-order valence-corrected chi connectivity index (χ0v) is 12.3. The fourth-order valence-electron chi connectivity index (χ4n) is 2.59. The average Bonchev–Trinajstić information content (AvgIpc) is 2.64. The molecule has 0 aromatic heterocycles. The predicted molar refractivity (Wildman–Crippen MR) is 80.3 cm³/mol. The van der Waals surface area contributed by atoms with Crippen LogP contribution >= 0.6 is 22.6 Å². The molecular weight excluding hydrogens is 327 g/mol. The highest BCUT2D eigenvalue weighted by molar-refractivity contribution is 14.1. The van der Waals surface area contributed by atoms with Crippen LogP contribution in [-0.2, 0) is 0 Å². The molecule has 1 saturated carbocycles. The first-order chi connectivity index (χ1) is 8.00. The van der Waals surface area contributed by atoms with E-state index in [1.807, 2.05) is 25.2 Å². The van der Waals surface area contributed by atoms with Crippen LogP contribution in [0.1, 0.15) is 25.7 Å². The molecule has 2 rings (SSSR count). The summed E-state index contributed by atoms with van der Waals surface area (Å²) in [4.78, 5) is 2.07. The summed E-state index contributed by atoms with van der Waals surface area (Å²) < 4.78 is 1.14. The minimum Gasteiger partial charge on any atom is -0.397 e. The lowest BCUT2D eigenvalue weighted by Gasteiger charge is -2.30. The second-order valence-corrected chi connectivity index (χ2v) is 6.24. The van der Waals surface area contributed by atoms with Crippen LogP contribution < -0.4 is 10.6 Å². The zero-order valence-electron chi connectivity index (χ0n) is 10.1. The number of aliphatic hydroxyl groups is 1. The van der Waals surface area contributed by atoms with Crippen molar-refractivity contribution in [3.63, 3.8) is 0 Å². The number of benzene rings is 1. The number of halogens is 1. The topological polar surface area (TPSA) is 49.5 Å². The fraction of sp³-hybridized carbons (Fsp3) is 0.538. The van der Waals surface area contributed by atoms with E-state index in [0.717, 1.165) is 40.6 Å². The number of hydrogen-bond donors (Lipinski definition) is 2. The average molecular weight is 346 g/mol. The molecular formula is C13H19IN2O. The van der Waals surface area contributed by atoms with Crippen LogP contribution in [0.25, 0.3) is 0 Å². The van der Waals surface area contributed by atoms with E-state index in [0.29, 0.717) is 6.54 Å². The van der Waals surface area contributed by atoms with Crippen LogP contribution in [0, 0.1) is 3.57 Å². The summed E-state index contributed by atoms with van der Waals surface area (Å²) in [6, 6.07) is 6.03. The van der Waals surface area contributed by atoms with Gasteiger partial charge in [-0.3, -0.25) is 0 Å². The van der Waals surface area contributed by atoms with Crippen molar-refractivity contribution >= 4 is 34.0 Å². The summed E-state index contributed by atoms with van der Waals surface area (Å²) in [5.41, 5.74) is 7.27. The minimum atomic E-state index is -0.524. The number of rotatable bonds is 3. The van der Waals surface area contributed by atoms with Gasteiger partial charge in [-0.05, 0) is 53.6 Å². The molecule has 4 heteroatoms. The van der Waals surface area contributed by atoms with Crippen molar-refractivity contribution in [3.05, 3.63) is 21.8 Å². The van der Waals surface area contributed by atoms with Gasteiger partial charge < -0.3 is 15.7 Å². The van der Waals surface area contributed by atoms with E-state index in [-0.39, 0.29) is 0 Å². The lowest BCUT2D eigenvalue weighted by atomic mass is 10.0. The summed E-state index contributed by atoms with van der Waals surface area (Å²) in [6.07, 6.45) is 4.07. The van der Waals surface area contributed by atoms with E-state index in [1.165, 1.54) is 0 Å². The summed E-state index contributed by atoms with van der Waals surface area (Å²) in [6.45, 7) is 0.664. The molecule has 94 valence electrons. The monoisotopic (exact) mass is 346 g/mol. The predicted octanol–water partition coefficient (Wildman–Crippen LogP) is 2.61. The molecule has 3 N–H and O–H groups in total. The van der Waals surface area contributed by atoms with Crippen LogP contribution in [0.4, 0.5) is 11.4 Å². The molecule has 0 unspecified atom stereocenters. The Morgan fingerprint density at radius 2 is 2.06 bits per heavy atom. The van der Waals surface area contributed by atoms with Gasteiger partial charge in [0.2, 0.25) is 0 Å². The molecule has 1 aromatic carbocycles. The molecule has 0 atom stereocenters. The van der Waals surface area contributed by atoms with Gasteiger partial charge in [-0.1, -0.05) is 12.8 Å². The maximum atomic E-state index is 10.4. The number of likely N-dealkylation sites (N-methyl/N-ethyl adjacent to an activating group) is 1. The van der Waals surface area contributed by atoms with Crippen molar-refractivity contribution in [2.75, 3.05) is 24.2 Å². The van der Waals surface area contributed by atoms with Crippen LogP contribution in [-0.4, -0.2) is 24.3 Å². The highest BCUT2D eigenvalue weighted by Crippen LogP contribution is 2.32. The van der Waals surface area contributed by atoms with Crippen LogP contribution in [0.5, 0.6) is 0 Å². The normalized spacial score (nSPS) is 18.3. The van der Waals surface area contributed by atoms with E-state index in [9.17, 15) is 5.11 Å². The Labute approximate surface area is 116 Å². The van der Waals surface area contributed by atoms with Crippen molar-refractivity contribution in [3.8, 4) is 0 Å². The van der Waals surface area contributed by atoms with Gasteiger partial charge in [0, 0.05) is 17.2 Å². The van der Waals surface area contributed by atoms with Crippen LogP contribution in [0.15, 0.2) is 18.2 Å². The lowest BCUT2D eigenvalue weighted by molar-refractivity contribution is 0.0559. The van der Waals surface area contributed by atoms with Crippen molar-refractivity contribution in [1.29, 1.82) is 0 Å². The van der Waals surface area contributed by atoms with E-state index in [1.54, 1.807) is 0 Å². The highest BCUT2D eigenvalue weighted by Gasteiger charge is 2.32. The Bertz CT molecular complexity index is 402. The Morgan fingerprint density at radius 1 is 1.41 bits per heavy atom. The molecule has 17 heavy (non-hydrogen) atoms. The zero-order chi connectivity index (χ0) is 12.5. The SMILES string of the molecule is CN(CC1(O)CCCC1)c1ccc(I)cc1N. The molecule has 1 aliphatic carbocycles. The maximum Gasteiger partial charge on any atom is 0.0821 e. The molecule has 0 saturated heterocycles. The first-order valence-electron chi connectivity index (χ1n) is 5.99. The quantitative estimate of drug-likeness (QED) is 0.654. The smallest absolute Gasteiger partial charge is 0.0821 e. The number of nitrogen functional groups attached to an aromatic ring is 1. The van der Waals surface area contributed by atoms with E-state index in [4.69, 9.17) is 5.73 Å². The minimum absolute atomic E-state index is 0.524. The fourth-order valence-corrected chi connectivity index (χ4v) is 3.11. The van der Waals surface area contributed by atoms with E-state index < -0.39 is 5.60 Å². The third-order valence-corrected chi connectivity index (χ3v) is 4.14. The third-order valence-electron chi connectivity index (χ3n) is 3.47. The molecule has 0 aliphatic heterocycles. The Hall–Kier alpha value is -0.490. The first-order valence-corrected chi connectivity index (χ1v) is 7.07. The van der Waals surface area contributed by atoms with Gasteiger partial charge in [-0.25, -0.2) is 0 Å². The number of nitrogens with zero attached hydrogens (tertiary/aromatic N) is 1. The highest BCUT2D eigenvalue weighted by atomic mass is 127. The Morgan fingerprint density at radius 3 is 2.65 bits per heavy atom. The molecule has 0 bridgehead atoms. The van der Waals surface area contributed by atoms with E-state index in [2.05, 4.69) is 27.5 Å².